The van der Waals surface area contributed by atoms with Gasteiger partial charge in [0.1, 0.15) is 6.10 Å². The second-order valence-corrected chi connectivity index (χ2v) is 6.45. The molecule has 2 aromatic heterocycles. The lowest BCUT2D eigenvalue weighted by Gasteiger charge is -2.13. The molecule has 1 aliphatic heterocycles. The van der Waals surface area contributed by atoms with Gasteiger partial charge >= 0.3 is 0 Å². The number of ether oxygens (including phenoxy) is 1. The number of nitrogens with one attached hydrogen (secondary N) is 1. The van der Waals surface area contributed by atoms with E-state index in [0.717, 1.165) is 54.7 Å². The number of fused-ring (bicyclic) bond motifs is 1. The van der Waals surface area contributed by atoms with Gasteiger partial charge in [-0.05, 0) is 50.8 Å². The van der Waals surface area contributed by atoms with Gasteiger partial charge in [-0.25, -0.2) is 0 Å². The van der Waals surface area contributed by atoms with Crippen molar-refractivity contribution >= 4 is 24.8 Å². The van der Waals surface area contributed by atoms with Crippen molar-refractivity contribution in [1.82, 2.24) is 25.3 Å². The van der Waals surface area contributed by atoms with Gasteiger partial charge in [0.25, 0.3) is 0 Å². The minimum absolute atomic E-state index is 0. The van der Waals surface area contributed by atoms with Crippen molar-refractivity contribution in [1.29, 1.82) is 0 Å². The lowest BCUT2D eigenvalue weighted by molar-refractivity contribution is 0.189. The molecule has 3 heterocycles. The summed E-state index contributed by atoms with van der Waals surface area (Å²) in [6.45, 7) is 4.25. The van der Waals surface area contributed by atoms with Gasteiger partial charge in [-0.3, -0.25) is 4.68 Å². The van der Waals surface area contributed by atoms with E-state index in [1.165, 1.54) is 0 Å². The molecule has 1 saturated heterocycles. The first kappa shape index (κ1) is 19.0. The molecule has 3 atom stereocenters. The zero-order valence-electron chi connectivity index (χ0n) is 13.8. The molecule has 0 unspecified atom stereocenters. The van der Waals surface area contributed by atoms with Crippen LogP contribution in [0.15, 0.2) is 18.3 Å². The SMILES string of the molecule is Cc1nn(C)cc1-c1ccc(O[C@@H]2C[C@H]3CNC[C@H]3C2)nn1.Cl.Cl. The van der Waals surface area contributed by atoms with Crippen molar-refractivity contribution in [3.8, 4) is 17.1 Å². The third-order valence-electron chi connectivity index (χ3n) is 4.83. The summed E-state index contributed by atoms with van der Waals surface area (Å²) < 4.78 is 7.81. The molecule has 2 fully saturated rings. The van der Waals surface area contributed by atoms with E-state index in [1.54, 1.807) is 4.68 Å². The lowest BCUT2D eigenvalue weighted by Crippen LogP contribution is -2.19. The van der Waals surface area contributed by atoms with Crippen molar-refractivity contribution < 1.29 is 4.74 Å². The number of hydrogen-bond acceptors (Lipinski definition) is 5. The molecule has 8 heteroatoms. The Morgan fingerprint density at radius 3 is 2.38 bits per heavy atom. The first-order valence-corrected chi connectivity index (χ1v) is 7.91. The first-order chi connectivity index (χ1) is 10.7. The Hall–Kier alpha value is -1.37. The Labute approximate surface area is 154 Å². The fourth-order valence-corrected chi connectivity index (χ4v) is 3.76. The van der Waals surface area contributed by atoms with Crippen LogP contribution in [0, 0.1) is 18.8 Å². The summed E-state index contributed by atoms with van der Waals surface area (Å²) in [7, 11) is 1.91. The molecule has 0 radical (unpaired) electrons. The van der Waals surface area contributed by atoms with Crippen LogP contribution in [0.5, 0.6) is 5.88 Å². The molecule has 0 bridgehead atoms. The van der Waals surface area contributed by atoms with Crippen LogP contribution in [-0.2, 0) is 7.05 Å². The number of rotatable bonds is 3. The molecule has 132 valence electrons. The average molecular weight is 372 g/mol. The summed E-state index contributed by atoms with van der Waals surface area (Å²) in [5.74, 6) is 2.17. The van der Waals surface area contributed by atoms with Crippen LogP contribution in [0.1, 0.15) is 18.5 Å². The van der Waals surface area contributed by atoms with Crippen LogP contribution in [0.4, 0.5) is 0 Å². The highest BCUT2D eigenvalue weighted by molar-refractivity contribution is 5.85. The van der Waals surface area contributed by atoms with Crippen molar-refractivity contribution in [3.05, 3.63) is 24.0 Å². The Morgan fingerprint density at radius 2 is 1.83 bits per heavy atom. The van der Waals surface area contributed by atoms with Gasteiger partial charge in [-0.1, -0.05) is 0 Å². The van der Waals surface area contributed by atoms with E-state index >= 15 is 0 Å². The predicted octanol–water partition coefficient (Wildman–Crippen LogP) is 2.41. The fourth-order valence-electron chi connectivity index (χ4n) is 3.76. The van der Waals surface area contributed by atoms with E-state index < -0.39 is 0 Å². The second kappa shape index (κ2) is 7.68. The average Bonchev–Trinajstić information content (AvgIpc) is 3.15. The predicted molar refractivity (Wildman–Crippen MR) is 97.0 cm³/mol. The summed E-state index contributed by atoms with van der Waals surface area (Å²) in [4.78, 5) is 0. The summed E-state index contributed by atoms with van der Waals surface area (Å²) in [5, 5.41) is 16.3. The largest absolute Gasteiger partial charge is 0.473 e. The second-order valence-electron chi connectivity index (χ2n) is 6.45. The van der Waals surface area contributed by atoms with E-state index in [1.807, 2.05) is 32.3 Å². The van der Waals surface area contributed by atoms with Crippen LogP contribution in [0.25, 0.3) is 11.3 Å². The van der Waals surface area contributed by atoms with Gasteiger partial charge in [0.15, 0.2) is 0 Å². The summed E-state index contributed by atoms with van der Waals surface area (Å²) in [5.41, 5.74) is 2.81. The molecule has 4 rings (SSSR count). The molecular formula is C16H23Cl2N5O. The van der Waals surface area contributed by atoms with Crippen molar-refractivity contribution in [2.75, 3.05) is 13.1 Å². The molecule has 0 spiro atoms. The van der Waals surface area contributed by atoms with Gasteiger partial charge < -0.3 is 10.1 Å². The molecule has 0 amide bonds. The van der Waals surface area contributed by atoms with E-state index in [9.17, 15) is 0 Å². The Balaban J connectivity index is 0.00000104. The van der Waals surface area contributed by atoms with Crippen molar-refractivity contribution in [3.63, 3.8) is 0 Å². The number of halogens is 2. The Kier molecular flexibility index (Phi) is 6.06. The third kappa shape index (κ3) is 3.66. The topological polar surface area (TPSA) is 64.9 Å². The normalized spacial score (nSPS) is 24.8. The van der Waals surface area contributed by atoms with Crippen molar-refractivity contribution in [2.45, 2.75) is 25.9 Å². The maximum Gasteiger partial charge on any atom is 0.233 e. The smallest absolute Gasteiger partial charge is 0.233 e. The van der Waals surface area contributed by atoms with E-state index in [0.29, 0.717) is 5.88 Å². The third-order valence-corrected chi connectivity index (χ3v) is 4.83. The van der Waals surface area contributed by atoms with Crippen LogP contribution in [0.2, 0.25) is 0 Å². The van der Waals surface area contributed by atoms with Gasteiger partial charge in [-0.2, -0.15) is 5.10 Å². The van der Waals surface area contributed by atoms with Crippen LogP contribution in [-0.4, -0.2) is 39.2 Å². The van der Waals surface area contributed by atoms with Gasteiger partial charge in [0, 0.05) is 24.9 Å². The number of nitrogens with zero attached hydrogens (tertiary/aromatic N) is 4. The molecule has 6 nitrogen and oxygen atoms in total. The Morgan fingerprint density at radius 1 is 1.12 bits per heavy atom. The monoisotopic (exact) mass is 371 g/mol. The van der Waals surface area contributed by atoms with Crippen LogP contribution < -0.4 is 10.1 Å². The molecule has 2 aliphatic rings. The quantitative estimate of drug-likeness (QED) is 0.897. The van der Waals surface area contributed by atoms with Crippen molar-refractivity contribution in [2.24, 2.45) is 18.9 Å². The van der Waals surface area contributed by atoms with Crippen LogP contribution >= 0.6 is 24.8 Å². The maximum atomic E-state index is 6.02. The summed E-state index contributed by atoms with van der Waals surface area (Å²) >= 11 is 0. The molecule has 1 N–H and O–H groups in total. The molecule has 0 aromatic carbocycles. The number of aromatic nitrogens is 4. The molecule has 2 aromatic rings. The molecule has 1 aliphatic carbocycles. The van der Waals surface area contributed by atoms with E-state index in [4.69, 9.17) is 4.74 Å². The van der Waals surface area contributed by atoms with Gasteiger partial charge in [0.2, 0.25) is 5.88 Å². The lowest BCUT2D eigenvalue weighted by atomic mass is 10.0. The highest BCUT2D eigenvalue weighted by Crippen LogP contribution is 2.36. The van der Waals surface area contributed by atoms with E-state index in [-0.39, 0.29) is 30.9 Å². The molecule has 24 heavy (non-hydrogen) atoms. The Bertz CT molecular complexity index is 664. The van der Waals surface area contributed by atoms with E-state index in [2.05, 4.69) is 20.6 Å². The molecular weight excluding hydrogens is 349 g/mol. The standard InChI is InChI=1S/C16H21N5O.2ClH/c1-10-14(9-21(2)20-10)15-3-4-16(19-18-15)22-13-5-11-7-17-8-12(11)6-13;;/h3-4,9,11-13,17H,5-8H2,1-2H3;2*1H/t11-,12+,13+;;. The fraction of sp³-hybridized carbons (Fsp3) is 0.562. The highest BCUT2D eigenvalue weighted by Gasteiger charge is 2.38. The van der Waals surface area contributed by atoms with Gasteiger partial charge in [0.05, 0.1) is 11.4 Å². The minimum atomic E-state index is 0. The summed E-state index contributed by atoms with van der Waals surface area (Å²) in [6, 6.07) is 3.88. The maximum absolute atomic E-state index is 6.02. The van der Waals surface area contributed by atoms with Crippen LogP contribution in [0.3, 0.4) is 0 Å². The minimum Gasteiger partial charge on any atom is -0.473 e. The first-order valence-electron chi connectivity index (χ1n) is 7.91. The van der Waals surface area contributed by atoms with Gasteiger partial charge in [-0.15, -0.1) is 35.0 Å². The zero-order chi connectivity index (χ0) is 15.1. The number of hydrogen-bond donors (Lipinski definition) is 1. The zero-order valence-corrected chi connectivity index (χ0v) is 15.4. The number of aryl methyl sites for hydroxylation is 2. The summed E-state index contributed by atoms with van der Waals surface area (Å²) in [6.07, 6.45) is 4.51. The highest BCUT2D eigenvalue weighted by atomic mass is 35.5. The molecule has 1 saturated carbocycles.